The molecule has 3 heteroatoms. The van der Waals surface area contributed by atoms with Gasteiger partial charge >= 0.3 is 0 Å². The molecule has 1 amide bonds. The van der Waals surface area contributed by atoms with E-state index >= 15 is 0 Å². The number of para-hydroxylation sites is 1. The summed E-state index contributed by atoms with van der Waals surface area (Å²) in [6.45, 7) is 7.46. The van der Waals surface area contributed by atoms with Crippen LogP contribution in [0.3, 0.4) is 0 Å². The fraction of sp³-hybridized carbons (Fsp3) is 0.294. The fourth-order valence-corrected chi connectivity index (χ4v) is 2.20. The summed E-state index contributed by atoms with van der Waals surface area (Å²) in [5.41, 5.74) is 2.95. The van der Waals surface area contributed by atoms with Crippen LogP contribution in [0.1, 0.15) is 25.1 Å². The smallest absolute Gasteiger partial charge is 0.246 e. The zero-order valence-electron chi connectivity index (χ0n) is 12.3. The maximum Gasteiger partial charge on any atom is 0.246 e. The van der Waals surface area contributed by atoms with Crippen LogP contribution in [0.25, 0.3) is 17.0 Å². The molecule has 0 aliphatic carbocycles. The minimum atomic E-state index is 0.0293. The first kappa shape index (κ1) is 14.3. The van der Waals surface area contributed by atoms with Crippen molar-refractivity contribution in [2.45, 2.75) is 20.8 Å². The molecule has 0 bridgehead atoms. The van der Waals surface area contributed by atoms with E-state index in [0.29, 0.717) is 0 Å². The molecule has 2 aromatic rings. The number of pyridine rings is 1. The van der Waals surface area contributed by atoms with E-state index in [-0.39, 0.29) is 5.91 Å². The van der Waals surface area contributed by atoms with Gasteiger partial charge in [0.05, 0.1) is 11.2 Å². The highest BCUT2D eigenvalue weighted by atomic mass is 16.2. The molecule has 2 rings (SSSR count). The summed E-state index contributed by atoms with van der Waals surface area (Å²) in [7, 11) is 0. The number of nitrogens with zero attached hydrogens (tertiary/aromatic N) is 2. The lowest BCUT2D eigenvalue weighted by Crippen LogP contribution is -2.28. The van der Waals surface area contributed by atoms with Gasteiger partial charge in [-0.15, -0.1) is 0 Å². The number of hydrogen-bond donors (Lipinski definition) is 0. The summed E-state index contributed by atoms with van der Waals surface area (Å²) in [5.74, 6) is 0.0293. The lowest BCUT2D eigenvalue weighted by molar-refractivity contribution is -0.125. The molecule has 0 radical (unpaired) electrons. The number of benzene rings is 1. The Morgan fingerprint density at radius 3 is 2.65 bits per heavy atom. The summed E-state index contributed by atoms with van der Waals surface area (Å²) >= 11 is 0. The quantitative estimate of drug-likeness (QED) is 0.796. The molecule has 1 heterocycles. The Balaban J connectivity index is 2.26. The first-order chi connectivity index (χ1) is 9.65. The second-order valence-corrected chi connectivity index (χ2v) is 4.73. The van der Waals surface area contributed by atoms with Gasteiger partial charge in [0.1, 0.15) is 0 Å². The minimum absolute atomic E-state index is 0.0293. The molecule has 0 saturated carbocycles. The predicted octanol–water partition coefficient (Wildman–Crippen LogP) is 3.42. The zero-order chi connectivity index (χ0) is 14.5. The Bertz CT molecular complexity index is 642. The van der Waals surface area contributed by atoms with Gasteiger partial charge in [0.25, 0.3) is 0 Å². The number of aryl methyl sites for hydroxylation is 1. The van der Waals surface area contributed by atoms with Gasteiger partial charge in [-0.05, 0) is 38.5 Å². The largest absolute Gasteiger partial charge is 0.340 e. The van der Waals surface area contributed by atoms with Crippen LogP contribution in [0.2, 0.25) is 0 Å². The molecule has 0 aliphatic rings. The molecule has 1 aromatic carbocycles. The van der Waals surface area contributed by atoms with Crippen molar-refractivity contribution in [1.29, 1.82) is 0 Å². The molecule has 0 atom stereocenters. The fourth-order valence-electron chi connectivity index (χ4n) is 2.20. The average molecular weight is 268 g/mol. The molecular formula is C17H20N2O. The summed E-state index contributed by atoms with van der Waals surface area (Å²) in [5, 5.41) is 1.12. The van der Waals surface area contributed by atoms with Crippen LogP contribution in [0.15, 0.2) is 36.4 Å². The number of fused-ring (bicyclic) bond motifs is 1. The molecular weight excluding hydrogens is 248 g/mol. The molecule has 0 spiro atoms. The van der Waals surface area contributed by atoms with Crippen LogP contribution in [0.4, 0.5) is 0 Å². The second-order valence-electron chi connectivity index (χ2n) is 4.73. The van der Waals surface area contributed by atoms with Crippen molar-refractivity contribution in [2.75, 3.05) is 13.1 Å². The lowest BCUT2D eigenvalue weighted by Gasteiger charge is -2.15. The average Bonchev–Trinajstić information content (AvgIpc) is 2.47. The van der Waals surface area contributed by atoms with Crippen LogP contribution in [-0.2, 0) is 4.79 Å². The highest BCUT2D eigenvalue weighted by molar-refractivity contribution is 5.92. The van der Waals surface area contributed by atoms with Crippen LogP contribution < -0.4 is 0 Å². The van der Waals surface area contributed by atoms with Gasteiger partial charge in [0.15, 0.2) is 0 Å². The highest BCUT2D eigenvalue weighted by Gasteiger charge is 2.05. The van der Waals surface area contributed by atoms with Gasteiger partial charge in [0.2, 0.25) is 5.91 Å². The van der Waals surface area contributed by atoms with Gasteiger partial charge in [-0.3, -0.25) is 4.79 Å². The Morgan fingerprint density at radius 1 is 1.20 bits per heavy atom. The molecule has 1 aromatic heterocycles. The minimum Gasteiger partial charge on any atom is -0.340 e. The van der Waals surface area contributed by atoms with Crippen LogP contribution in [-0.4, -0.2) is 28.9 Å². The zero-order valence-corrected chi connectivity index (χ0v) is 12.3. The first-order valence-electron chi connectivity index (χ1n) is 6.99. The molecule has 0 unspecified atom stereocenters. The van der Waals surface area contributed by atoms with Gasteiger partial charge < -0.3 is 4.90 Å². The monoisotopic (exact) mass is 268 g/mol. The molecule has 0 saturated heterocycles. The normalized spacial score (nSPS) is 11.2. The summed E-state index contributed by atoms with van der Waals surface area (Å²) in [4.78, 5) is 18.3. The van der Waals surface area contributed by atoms with E-state index < -0.39 is 0 Å². The Labute approximate surface area is 119 Å². The maximum absolute atomic E-state index is 11.9. The van der Waals surface area contributed by atoms with E-state index in [2.05, 4.69) is 4.98 Å². The first-order valence-corrected chi connectivity index (χ1v) is 6.99. The van der Waals surface area contributed by atoms with E-state index in [0.717, 1.165) is 35.2 Å². The van der Waals surface area contributed by atoms with Crippen LogP contribution in [0, 0.1) is 6.92 Å². The van der Waals surface area contributed by atoms with Crippen molar-refractivity contribution in [3.8, 4) is 0 Å². The van der Waals surface area contributed by atoms with Crippen molar-refractivity contribution in [3.05, 3.63) is 47.7 Å². The van der Waals surface area contributed by atoms with E-state index in [1.807, 2.05) is 51.1 Å². The van der Waals surface area contributed by atoms with Gasteiger partial charge in [-0.1, -0.05) is 24.3 Å². The molecule has 0 fully saturated rings. The number of amides is 1. The maximum atomic E-state index is 11.9. The number of carbonyl (C=O) groups excluding carboxylic acids is 1. The van der Waals surface area contributed by atoms with Gasteiger partial charge in [-0.2, -0.15) is 0 Å². The van der Waals surface area contributed by atoms with Crippen molar-refractivity contribution >= 4 is 22.9 Å². The molecule has 0 N–H and O–H groups in total. The second kappa shape index (κ2) is 6.33. The van der Waals surface area contributed by atoms with Gasteiger partial charge in [0, 0.05) is 24.6 Å². The summed E-state index contributed by atoms with van der Waals surface area (Å²) in [6, 6.07) is 10.1. The number of likely N-dealkylation sites (N-methyl/N-ethyl adjacent to an activating group) is 1. The molecule has 0 aliphatic heterocycles. The number of hydrogen-bond acceptors (Lipinski definition) is 2. The lowest BCUT2D eigenvalue weighted by atomic mass is 10.1. The van der Waals surface area contributed by atoms with Crippen molar-refractivity contribution in [3.63, 3.8) is 0 Å². The Morgan fingerprint density at radius 2 is 1.95 bits per heavy atom. The summed E-state index contributed by atoms with van der Waals surface area (Å²) < 4.78 is 0. The summed E-state index contributed by atoms with van der Waals surface area (Å²) in [6.07, 6.45) is 3.38. The SMILES string of the molecule is CCN(CC)C(=O)/C=C/c1ccc2cccc(C)c2n1. The predicted molar refractivity (Wildman–Crippen MR) is 83.4 cm³/mol. The number of aromatic nitrogens is 1. The number of rotatable bonds is 4. The van der Waals surface area contributed by atoms with Gasteiger partial charge in [-0.25, -0.2) is 4.98 Å². The third kappa shape index (κ3) is 3.05. The van der Waals surface area contributed by atoms with Crippen LogP contribution >= 0.6 is 0 Å². The Hall–Kier alpha value is -2.16. The van der Waals surface area contributed by atoms with Crippen molar-refractivity contribution in [2.24, 2.45) is 0 Å². The Kier molecular flexibility index (Phi) is 4.51. The van der Waals surface area contributed by atoms with Crippen molar-refractivity contribution < 1.29 is 4.79 Å². The third-order valence-corrected chi connectivity index (χ3v) is 3.42. The van der Waals surface area contributed by atoms with E-state index in [1.54, 1.807) is 17.1 Å². The van der Waals surface area contributed by atoms with E-state index in [4.69, 9.17) is 0 Å². The van der Waals surface area contributed by atoms with Crippen LogP contribution in [0.5, 0.6) is 0 Å². The topological polar surface area (TPSA) is 33.2 Å². The third-order valence-electron chi connectivity index (χ3n) is 3.42. The molecule has 3 nitrogen and oxygen atoms in total. The van der Waals surface area contributed by atoms with E-state index in [1.165, 1.54) is 0 Å². The molecule has 20 heavy (non-hydrogen) atoms. The van der Waals surface area contributed by atoms with Crippen molar-refractivity contribution in [1.82, 2.24) is 9.88 Å². The number of carbonyl (C=O) groups is 1. The highest BCUT2D eigenvalue weighted by Crippen LogP contribution is 2.16. The molecule has 104 valence electrons. The van der Waals surface area contributed by atoms with E-state index in [9.17, 15) is 4.79 Å². The standard InChI is InChI=1S/C17H20N2O/c1-4-19(5-2)16(20)12-11-15-10-9-14-8-6-7-13(3)17(14)18-15/h6-12H,4-5H2,1-3H3/b12-11+.